The number of carbonyl (C=O) groups is 2. The average molecular weight is 571 g/mol. The lowest BCUT2D eigenvalue weighted by Gasteiger charge is -2.04. The van der Waals surface area contributed by atoms with E-state index in [2.05, 4.69) is 47.8 Å². The Morgan fingerprint density at radius 2 is 1.26 bits per heavy atom. The summed E-state index contributed by atoms with van der Waals surface area (Å²) < 4.78 is 24.4. The summed E-state index contributed by atoms with van der Waals surface area (Å²) in [4.78, 5) is 21.6. The molecule has 2 aromatic rings. The van der Waals surface area contributed by atoms with Gasteiger partial charge in [0.05, 0.1) is 9.65 Å². The largest absolute Gasteiger partial charge is 0.293 e. The molecule has 0 aromatic heterocycles. The van der Waals surface area contributed by atoms with Crippen molar-refractivity contribution in [2.45, 2.75) is 36.3 Å². The lowest BCUT2D eigenvalue weighted by molar-refractivity contribution is -0.109. The second-order valence-electron chi connectivity index (χ2n) is 5.22. The van der Waals surface area contributed by atoms with Gasteiger partial charge in [-0.2, -0.15) is 0 Å². The van der Waals surface area contributed by atoms with Gasteiger partial charge < -0.3 is 0 Å². The minimum absolute atomic E-state index is 0.00231. The van der Waals surface area contributed by atoms with Crippen LogP contribution < -0.4 is 0 Å². The molecule has 0 fully saturated rings. The van der Waals surface area contributed by atoms with E-state index in [0.717, 1.165) is 12.8 Å². The van der Waals surface area contributed by atoms with Gasteiger partial charge in [-0.25, -0.2) is 8.78 Å². The molecular formula is C20H21Br3F2O2. The van der Waals surface area contributed by atoms with Crippen molar-refractivity contribution >= 4 is 58.3 Å². The summed E-state index contributed by atoms with van der Waals surface area (Å²) in [6, 6.07) is 13.5. The van der Waals surface area contributed by atoms with Gasteiger partial charge in [0.1, 0.15) is 11.6 Å². The van der Waals surface area contributed by atoms with Gasteiger partial charge in [0.15, 0.2) is 5.78 Å². The Labute approximate surface area is 184 Å². The first-order valence-electron chi connectivity index (χ1n) is 8.20. The fourth-order valence-electron chi connectivity index (χ4n) is 1.56. The molecule has 27 heavy (non-hydrogen) atoms. The van der Waals surface area contributed by atoms with E-state index in [-0.39, 0.29) is 31.8 Å². The number of benzene rings is 2. The Bertz CT molecular complexity index is 679. The van der Waals surface area contributed by atoms with E-state index in [4.69, 9.17) is 0 Å². The van der Waals surface area contributed by atoms with Crippen molar-refractivity contribution in [3.8, 4) is 0 Å². The Kier molecular flexibility index (Phi) is 14.5. The van der Waals surface area contributed by atoms with Gasteiger partial charge in [-0.3, -0.25) is 9.59 Å². The highest BCUT2D eigenvalue weighted by Gasteiger charge is 2.14. The van der Waals surface area contributed by atoms with E-state index in [0.29, 0.717) is 5.56 Å². The maximum Gasteiger partial charge on any atom is 0.211 e. The summed E-state index contributed by atoms with van der Waals surface area (Å²) in [6.45, 7) is 3.86. The zero-order valence-corrected chi connectivity index (χ0v) is 19.7. The lowest BCUT2D eigenvalue weighted by atomic mass is 10.1. The van der Waals surface area contributed by atoms with E-state index >= 15 is 0 Å². The number of hydrogen-bond donors (Lipinski definition) is 0. The zero-order chi connectivity index (χ0) is 20.8. The predicted octanol–water partition coefficient (Wildman–Crippen LogP) is 7.09. The van der Waals surface area contributed by atoms with Crippen LogP contribution in [0.15, 0.2) is 54.6 Å². The highest BCUT2D eigenvalue weighted by molar-refractivity contribution is 9.20. The summed E-state index contributed by atoms with van der Waals surface area (Å²) in [7, 11) is 0. The van der Waals surface area contributed by atoms with Crippen molar-refractivity contribution in [2.75, 3.05) is 0 Å². The van der Waals surface area contributed by atoms with Crippen molar-refractivity contribution in [3.63, 3.8) is 0 Å². The number of alkyl halides is 2. The van der Waals surface area contributed by atoms with Crippen molar-refractivity contribution in [3.05, 3.63) is 71.8 Å². The molecule has 0 saturated carbocycles. The van der Waals surface area contributed by atoms with Gasteiger partial charge in [0, 0.05) is 5.56 Å². The first-order valence-corrected chi connectivity index (χ1v) is 10.8. The molecule has 2 nitrogen and oxygen atoms in total. The maximum absolute atomic E-state index is 12.5. The van der Waals surface area contributed by atoms with Crippen LogP contribution in [0.1, 0.15) is 37.0 Å². The van der Waals surface area contributed by atoms with Crippen LogP contribution in [0.25, 0.3) is 0 Å². The summed E-state index contributed by atoms with van der Waals surface area (Å²) in [5, 5.41) is 0. The van der Waals surface area contributed by atoms with Crippen molar-refractivity contribution in [1.82, 2.24) is 0 Å². The number of carbonyl (C=O) groups excluding carboxylic acids is 2. The number of Topliss-reactive ketones (excluding diaryl/α,β-unsaturated/α-hetero) is 1. The third-order valence-electron chi connectivity index (χ3n) is 3.11. The van der Waals surface area contributed by atoms with E-state index < -0.39 is 0 Å². The van der Waals surface area contributed by atoms with E-state index in [9.17, 15) is 18.4 Å². The predicted molar refractivity (Wildman–Crippen MR) is 117 cm³/mol. The van der Waals surface area contributed by atoms with Gasteiger partial charge in [-0.1, -0.05) is 63.9 Å². The summed E-state index contributed by atoms with van der Waals surface area (Å²) in [6.07, 6.45) is 1.57. The molecule has 0 N–H and O–H groups in total. The highest BCUT2D eigenvalue weighted by atomic mass is 79.9. The molecule has 0 aliphatic heterocycles. The van der Waals surface area contributed by atoms with E-state index in [1.165, 1.54) is 36.4 Å². The van der Waals surface area contributed by atoms with Crippen LogP contribution >= 0.6 is 47.8 Å². The maximum atomic E-state index is 12.5. The third-order valence-corrected chi connectivity index (χ3v) is 6.40. The van der Waals surface area contributed by atoms with Crippen LogP contribution in [0.2, 0.25) is 0 Å². The van der Waals surface area contributed by atoms with Crippen molar-refractivity contribution < 1.29 is 18.4 Å². The van der Waals surface area contributed by atoms with Crippen LogP contribution in [0.3, 0.4) is 0 Å². The van der Waals surface area contributed by atoms with Crippen LogP contribution in [0, 0.1) is 11.6 Å². The standard InChI is InChI=1S/C10H10BrFO.C6H5F.C4H6Br2O/c1-2-9(11)10(13)7-3-5-8(12)6-4-7;7-6-4-2-1-3-5-6;1-2-3(5)4(6)7/h3-6,9H,2H2,1H3;1-5H;3H,2H2,1H3. The van der Waals surface area contributed by atoms with Crippen LogP contribution in [-0.4, -0.2) is 20.1 Å². The Balaban J connectivity index is 0.000000410. The van der Waals surface area contributed by atoms with Gasteiger partial charge in [0.25, 0.3) is 0 Å². The number of halogens is 5. The zero-order valence-electron chi connectivity index (χ0n) is 15.0. The van der Waals surface area contributed by atoms with Crippen LogP contribution in [-0.2, 0) is 4.79 Å². The normalized spacial score (nSPS) is 11.8. The first kappa shape index (κ1) is 26.1. The van der Waals surface area contributed by atoms with Crippen LogP contribution in [0.5, 0.6) is 0 Å². The number of hydrogen-bond acceptors (Lipinski definition) is 2. The lowest BCUT2D eigenvalue weighted by Crippen LogP contribution is -2.12. The van der Waals surface area contributed by atoms with E-state index in [1.807, 2.05) is 13.8 Å². The molecule has 7 heteroatoms. The molecule has 0 amide bonds. The van der Waals surface area contributed by atoms with Gasteiger partial charge in [0.2, 0.25) is 4.69 Å². The molecule has 2 unspecified atom stereocenters. The second-order valence-corrected chi connectivity index (χ2v) is 8.21. The topological polar surface area (TPSA) is 34.1 Å². The minimum atomic E-state index is -0.320. The smallest absolute Gasteiger partial charge is 0.211 e. The highest BCUT2D eigenvalue weighted by Crippen LogP contribution is 2.13. The first-order chi connectivity index (χ1) is 12.7. The fraction of sp³-hybridized carbons (Fsp3) is 0.300. The monoisotopic (exact) mass is 568 g/mol. The quantitative estimate of drug-likeness (QED) is 0.218. The summed E-state index contributed by atoms with van der Waals surface area (Å²) in [5.74, 6) is -0.496. The second kappa shape index (κ2) is 15.1. The molecular weight excluding hydrogens is 550 g/mol. The molecule has 0 aliphatic carbocycles. The minimum Gasteiger partial charge on any atom is -0.293 e. The molecule has 0 bridgehead atoms. The Hall–Kier alpha value is -0.920. The molecule has 0 saturated heterocycles. The molecule has 2 rings (SSSR count). The SMILES string of the molecule is CCC(Br)C(=O)Br.CCC(Br)C(=O)c1ccc(F)cc1.Fc1ccccc1. The van der Waals surface area contributed by atoms with Crippen molar-refractivity contribution in [1.29, 1.82) is 0 Å². The molecule has 2 aromatic carbocycles. The number of ketones is 1. The molecule has 0 aliphatic rings. The molecule has 0 radical (unpaired) electrons. The summed E-state index contributed by atoms with van der Waals surface area (Å²) >= 11 is 9.21. The number of rotatable bonds is 5. The van der Waals surface area contributed by atoms with Gasteiger partial charge >= 0.3 is 0 Å². The third kappa shape index (κ3) is 12.2. The van der Waals surface area contributed by atoms with Gasteiger partial charge in [-0.15, -0.1) is 0 Å². The van der Waals surface area contributed by atoms with Gasteiger partial charge in [-0.05, 0) is 65.2 Å². The molecule has 148 valence electrons. The average Bonchev–Trinajstić information content (AvgIpc) is 2.68. The molecule has 0 heterocycles. The molecule has 0 spiro atoms. The van der Waals surface area contributed by atoms with E-state index in [1.54, 1.807) is 18.2 Å². The fourth-order valence-corrected chi connectivity index (χ4v) is 2.14. The van der Waals surface area contributed by atoms with Crippen LogP contribution in [0.4, 0.5) is 8.78 Å². The summed E-state index contributed by atoms with van der Waals surface area (Å²) in [5.41, 5.74) is 0.546. The van der Waals surface area contributed by atoms with Crippen molar-refractivity contribution in [2.24, 2.45) is 0 Å². The molecule has 2 atom stereocenters. The Morgan fingerprint density at radius 1 is 0.815 bits per heavy atom. The Morgan fingerprint density at radius 3 is 1.56 bits per heavy atom.